The number of imidazole rings is 2. The van der Waals surface area contributed by atoms with E-state index in [4.69, 9.17) is 4.74 Å². The van der Waals surface area contributed by atoms with E-state index in [0.717, 1.165) is 16.9 Å². The van der Waals surface area contributed by atoms with E-state index in [9.17, 15) is 8.94 Å². The van der Waals surface area contributed by atoms with Crippen molar-refractivity contribution in [1.82, 2.24) is 24.5 Å². The molecular weight excluding hydrogens is 381 g/mol. The maximum atomic E-state index is 14.4. The molecule has 1 aromatic carbocycles. The summed E-state index contributed by atoms with van der Waals surface area (Å²) < 4.78 is 34.2. The molecule has 1 atom stereocenters. The number of pyridine rings is 1. The fourth-order valence-corrected chi connectivity index (χ4v) is 4.21. The summed E-state index contributed by atoms with van der Waals surface area (Å²) in [5, 5.41) is 0.276. The van der Waals surface area contributed by atoms with E-state index >= 15 is 0 Å². The Morgan fingerprint density at radius 2 is 2.14 bits per heavy atom. The first-order valence-electron chi connectivity index (χ1n) is 8.53. The number of aromatic nitrogens is 5. The normalized spacial score (nSPS) is 12.5. The van der Waals surface area contributed by atoms with E-state index in [1.54, 1.807) is 36.3 Å². The molecule has 0 bridgehead atoms. The molecule has 3 heterocycles. The summed E-state index contributed by atoms with van der Waals surface area (Å²) >= 11 is -1.47. The third kappa shape index (κ3) is 3.23. The molecule has 7 nitrogen and oxygen atoms in total. The van der Waals surface area contributed by atoms with Crippen LogP contribution in [0.15, 0.2) is 42.2 Å². The van der Waals surface area contributed by atoms with Gasteiger partial charge in [-0.3, -0.25) is 9.97 Å². The first-order valence-corrected chi connectivity index (χ1v) is 9.85. The van der Waals surface area contributed by atoms with E-state index in [-0.39, 0.29) is 10.9 Å². The van der Waals surface area contributed by atoms with Crippen LogP contribution in [0.25, 0.3) is 16.7 Å². The second kappa shape index (κ2) is 7.25. The van der Waals surface area contributed by atoms with Gasteiger partial charge in [-0.2, -0.15) is 4.98 Å². The van der Waals surface area contributed by atoms with Gasteiger partial charge >= 0.3 is 5.16 Å². The first kappa shape index (κ1) is 18.5. The third-order valence-electron chi connectivity index (χ3n) is 4.54. The number of aromatic amines is 1. The molecule has 4 rings (SSSR count). The molecule has 0 spiro atoms. The molecule has 144 valence electrons. The highest BCUT2D eigenvalue weighted by Crippen LogP contribution is 2.27. The van der Waals surface area contributed by atoms with E-state index in [2.05, 4.69) is 19.9 Å². The van der Waals surface area contributed by atoms with Crippen LogP contribution in [0.1, 0.15) is 16.8 Å². The van der Waals surface area contributed by atoms with Gasteiger partial charge in [-0.05, 0) is 19.9 Å². The van der Waals surface area contributed by atoms with Gasteiger partial charge in [0.05, 0.1) is 35.9 Å². The Balaban J connectivity index is 1.66. The number of halogens is 1. The molecule has 1 N–H and O–H groups in total. The van der Waals surface area contributed by atoms with Gasteiger partial charge in [0.1, 0.15) is 11.6 Å². The quantitative estimate of drug-likeness (QED) is 0.520. The predicted molar refractivity (Wildman–Crippen MR) is 104 cm³/mol. The lowest BCUT2D eigenvalue weighted by Gasteiger charge is -2.13. The maximum Gasteiger partial charge on any atom is 0.322 e. The molecule has 1 unspecified atom stereocenters. The van der Waals surface area contributed by atoms with Gasteiger partial charge in [0.15, 0.2) is 5.75 Å². The van der Waals surface area contributed by atoms with Crippen molar-refractivity contribution in [2.24, 2.45) is 0 Å². The van der Waals surface area contributed by atoms with Crippen molar-refractivity contribution in [2.45, 2.75) is 24.8 Å². The molecule has 28 heavy (non-hydrogen) atoms. The summed E-state index contributed by atoms with van der Waals surface area (Å²) in [6.45, 7) is 3.79. The minimum absolute atomic E-state index is 0.180. The largest absolute Gasteiger partial charge is 0.609 e. The summed E-state index contributed by atoms with van der Waals surface area (Å²) in [5.41, 5.74) is 3.78. The fourth-order valence-electron chi connectivity index (χ4n) is 3.11. The van der Waals surface area contributed by atoms with Gasteiger partial charge < -0.3 is 13.9 Å². The molecule has 0 radical (unpaired) electrons. The Labute approximate surface area is 163 Å². The predicted octanol–water partition coefficient (Wildman–Crippen LogP) is 3.22. The summed E-state index contributed by atoms with van der Waals surface area (Å²) in [7, 11) is 1.60. The van der Waals surface area contributed by atoms with Crippen LogP contribution in [0.5, 0.6) is 5.75 Å². The van der Waals surface area contributed by atoms with Crippen molar-refractivity contribution in [3.63, 3.8) is 0 Å². The lowest BCUT2D eigenvalue weighted by Crippen LogP contribution is -2.10. The van der Waals surface area contributed by atoms with E-state index in [1.165, 1.54) is 12.4 Å². The minimum atomic E-state index is -1.47. The van der Waals surface area contributed by atoms with E-state index < -0.39 is 17.0 Å². The number of methoxy groups -OCH3 is 1. The minimum Gasteiger partial charge on any atom is -0.609 e. The van der Waals surface area contributed by atoms with Crippen LogP contribution in [-0.2, 0) is 16.9 Å². The van der Waals surface area contributed by atoms with Crippen LogP contribution < -0.4 is 4.74 Å². The number of benzene rings is 1. The van der Waals surface area contributed by atoms with Crippen molar-refractivity contribution < 1.29 is 13.7 Å². The van der Waals surface area contributed by atoms with Gasteiger partial charge in [0.25, 0.3) is 0 Å². The van der Waals surface area contributed by atoms with Gasteiger partial charge in [-0.25, -0.2) is 9.37 Å². The van der Waals surface area contributed by atoms with E-state index in [1.807, 2.05) is 13.8 Å². The van der Waals surface area contributed by atoms with Crippen LogP contribution in [0.4, 0.5) is 4.39 Å². The van der Waals surface area contributed by atoms with Crippen LogP contribution in [0.3, 0.4) is 0 Å². The Morgan fingerprint density at radius 3 is 2.86 bits per heavy atom. The highest BCUT2D eigenvalue weighted by molar-refractivity contribution is 7.90. The molecular formula is C19H18FN5O2S. The number of hydrogen-bond acceptors (Lipinski definition) is 5. The number of aryl methyl sites for hydroxylation is 1. The number of nitrogens with one attached hydrogen (secondary N) is 1. The highest BCUT2D eigenvalue weighted by atomic mass is 32.2. The zero-order chi connectivity index (χ0) is 19.8. The van der Waals surface area contributed by atoms with Crippen LogP contribution in [0.2, 0.25) is 0 Å². The lowest BCUT2D eigenvalue weighted by atomic mass is 10.1. The number of fused-ring (bicyclic) bond motifs is 1. The summed E-state index contributed by atoms with van der Waals surface area (Å²) in [6, 6.07) is 2.94. The number of H-pyrrole nitrogens is 1. The molecule has 4 aromatic rings. The van der Waals surface area contributed by atoms with Gasteiger partial charge in [-0.15, -0.1) is 0 Å². The smallest absolute Gasteiger partial charge is 0.322 e. The second-order valence-corrected chi connectivity index (χ2v) is 7.74. The van der Waals surface area contributed by atoms with Crippen molar-refractivity contribution in [2.75, 3.05) is 7.11 Å². The second-order valence-electron chi connectivity index (χ2n) is 6.37. The summed E-state index contributed by atoms with van der Waals surface area (Å²) in [4.78, 5) is 15.7. The molecule has 0 saturated heterocycles. The van der Waals surface area contributed by atoms with Crippen molar-refractivity contribution in [1.29, 1.82) is 0 Å². The number of ether oxygens (including phenoxy) is 1. The monoisotopic (exact) mass is 399 g/mol. The standard InChI is InChI=1S/C19H18FN5O2S/c1-11-8-22-16(12(2)18(11)27-3)9-28(26)19-23-14-6-13(20)17(7-15(14)24-19)25-5-4-21-10-25/h4-8,10H,9H2,1-3H3,(H,23,24). The number of rotatable bonds is 5. The Kier molecular flexibility index (Phi) is 4.78. The fraction of sp³-hybridized carbons (Fsp3) is 0.211. The zero-order valence-electron chi connectivity index (χ0n) is 15.6. The molecule has 0 aliphatic carbocycles. The number of hydrogen-bond donors (Lipinski definition) is 1. The molecule has 9 heteroatoms. The van der Waals surface area contributed by atoms with Crippen molar-refractivity contribution in [3.05, 3.63) is 59.7 Å². The van der Waals surface area contributed by atoms with Gasteiger partial charge in [0, 0.05) is 47.0 Å². The van der Waals surface area contributed by atoms with Gasteiger partial charge in [-0.1, -0.05) is 0 Å². The molecule has 0 fully saturated rings. The van der Waals surface area contributed by atoms with Crippen molar-refractivity contribution in [3.8, 4) is 11.4 Å². The van der Waals surface area contributed by atoms with Crippen LogP contribution in [0, 0.1) is 19.7 Å². The molecule has 0 aliphatic heterocycles. The highest BCUT2D eigenvalue weighted by Gasteiger charge is 2.22. The summed E-state index contributed by atoms with van der Waals surface area (Å²) in [5.74, 6) is 0.491. The topological polar surface area (TPSA) is 91.7 Å². The summed E-state index contributed by atoms with van der Waals surface area (Å²) in [6.07, 6.45) is 6.42. The Hall–Kier alpha value is -2.91. The average Bonchev–Trinajstić information content (AvgIpc) is 3.33. The number of nitrogens with zero attached hydrogens (tertiary/aromatic N) is 4. The SMILES string of the molecule is COc1c(C)cnc(C[S+]([O-])c2nc3cc(-n4ccnc4)c(F)cc3[nH]2)c1C. The average molecular weight is 399 g/mol. The first-order chi connectivity index (χ1) is 13.5. The van der Waals surface area contributed by atoms with Gasteiger partial charge in [0.2, 0.25) is 0 Å². The maximum absolute atomic E-state index is 14.4. The molecule has 0 aliphatic rings. The van der Waals surface area contributed by atoms with Crippen molar-refractivity contribution >= 4 is 22.2 Å². The van der Waals surface area contributed by atoms with Crippen LogP contribution in [-0.4, -0.2) is 36.2 Å². The van der Waals surface area contributed by atoms with E-state index in [0.29, 0.717) is 22.4 Å². The molecule has 0 amide bonds. The third-order valence-corrected chi connectivity index (χ3v) is 5.70. The zero-order valence-corrected chi connectivity index (χ0v) is 16.4. The lowest BCUT2D eigenvalue weighted by molar-refractivity contribution is 0.407. The Bertz CT molecular complexity index is 1140. The molecule has 3 aromatic heterocycles. The Morgan fingerprint density at radius 1 is 1.32 bits per heavy atom. The molecule has 0 saturated carbocycles. The van der Waals surface area contributed by atoms with Crippen LogP contribution >= 0.6 is 0 Å².